The average Bonchev–Trinajstić information content (AvgIpc) is 3.17. The first-order valence-corrected chi connectivity index (χ1v) is 10.5. The van der Waals surface area contributed by atoms with E-state index in [0.29, 0.717) is 5.69 Å². The van der Waals surface area contributed by atoms with Gasteiger partial charge in [0.1, 0.15) is 6.54 Å². The van der Waals surface area contributed by atoms with E-state index in [1.165, 1.54) is 6.08 Å². The van der Waals surface area contributed by atoms with Crippen LogP contribution in [0.2, 0.25) is 0 Å². The SMILES string of the molecule is C=CC(=O)Nc1cccc(-c2ccc3cnn(CC(=O)NC4CCN(C)CC4)c3c2)c1. The van der Waals surface area contributed by atoms with Crippen LogP contribution in [0.1, 0.15) is 12.8 Å². The molecule has 4 rings (SSSR count). The summed E-state index contributed by atoms with van der Waals surface area (Å²) in [4.78, 5) is 26.5. The lowest BCUT2D eigenvalue weighted by Crippen LogP contribution is -2.44. The van der Waals surface area contributed by atoms with Gasteiger partial charge in [0.05, 0.1) is 11.7 Å². The van der Waals surface area contributed by atoms with Gasteiger partial charge >= 0.3 is 0 Å². The van der Waals surface area contributed by atoms with Gasteiger partial charge in [-0.2, -0.15) is 5.10 Å². The summed E-state index contributed by atoms with van der Waals surface area (Å²) in [5.41, 5.74) is 3.55. The van der Waals surface area contributed by atoms with Crippen molar-refractivity contribution in [3.63, 3.8) is 0 Å². The number of carbonyl (C=O) groups excluding carboxylic acids is 2. The number of piperidine rings is 1. The third kappa shape index (κ3) is 5.00. The van der Waals surface area contributed by atoms with E-state index >= 15 is 0 Å². The fraction of sp³-hybridized carbons (Fsp3) is 0.292. The lowest BCUT2D eigenvalue weighted by atomic mass is 10.0. The lowest BCUT2D eigenvalue weighted by Gasteiger charge is -2.29. The molecule has 0 radical (unpaired) electrons. The molecule has 2 aromatic carbocycles. The van der Waals surface area contributed by atoms with Gasteiger partial charge in [-0.05, 0) is 68.4 Å². The van der Waals surface area contributed by atoms with E-state index in [0.717, 1.165) is 48.0 Å². The molecule has 7 heteroatoms. The quantitative estimate of drug-likeness (QED) is 0.604. The first kappa shape index (κ1) is 20.8. The normalized spacial score (nSPS) is 15.0. The first-order chi connectivity index (χ1) is 15.0. The maximum Gasteiger partial charge on any atom is 0.247 e. The topological polar surface area (TPSA) is 79.3 Å². The van der Waals surface area contributed by atoms with Crippen molar-refractivity contribution in [3.8, 4) is 11.1 Å². The standard InChI is InChI=1S/C24H27N5O2/c1-3-23(30)27-21-6-4-5-17(13-21)18-7-8-19-15-25-29(22(19)14-18)16-24(31)26-20-9-11-28(2)12-10-20/h3-8,13-15,20H,1,9-12,16H2,2H3,(H,26,31)(H,27,30). The smallest absolute Gasteiger partial charge is 0.247 e. The van der Waals surface area contributed by atoms with Crippen LogP contribution >= 0.6 is 0 Å². The molecule has 0 atom stereocenters. The van der Waals surface area contributed by atoms with Gasteiger partial charge in [-0.3, -0.25) is 14.3 Å². The highest BCUT2D eigenvalue weighted by molar-refractivity contribution is 5.99. The fourth-order valence-electron chi connectivity index (χ4n) is 3.91. The molecule has 0 bridgehead atoms. The second-order valence-corrected chi connectivity index (χ2v) is 8.00. The Kier molecular flexibility index (Phi) is 6.13. The van der Waals surface area contributed by atoms with Crippen molar-refractivity contribution in [2.75, 3.05) is 25.5 Å². The predicted molar refractivity (Wildman–Crippen MR) is 123 cm³/mol. The van der Waals surface area contributed by atoms with Crippen LogP contribution in [0.4, 0.5) is 5.69 Å². The van der Waals surface area contributed by atoms with Gasteiger partial charge in [0.2, 0.25) is 11.8 Å². The Morgan fingerprint density at radius 1 is 1.16 bits per heavy atom. The number of rotatable bonds is 6. The average molecular weight is 418 g/mol. The minimum absolute atomic E-state index is 0.0147. The van der Waals surface area contributed by atoms with E-state index in [2.05, 4.69) is 34.3 Å². The summed E-state index contributed by atoms with van der Waals surface area (Å²) in [5, 5.41) is 11.3. The van der Waals surface area contributed by atoms with Gasteiger partial charge < -0.3 is 15.5 Å². The summed E-state index contributed by atoms with van der Waals surface area (Å²) in [6, 6.07) is 13.9. The first-order valence-electron chi connectivity index (χ1n) is 10.5. The van der Waals surface area contributed by atoms with Crippen molar-refractivity contribution in [1.82, 2.24) is 20.0 Å². The molecule has 160 valence electrons. The molecule has 31 heavy (non-hydrogen) atoms. The molecular formula is C24H27N5O2. The predicted octanol–water partition coefficient (Wildman–Crippen LogP) is 3.04. The Morgan fingerprint density at radius 2 is 1.94 bits per heavy atom. The maximum absolute atomic E-state index is 12.6. The van der Waals surface area contributed by atoms with Crippen molar-refractivity contribution in [2.24, 2.45) is 0 Å². The molecule has 7 nitrogen and oxygen atoms in total. The molecule has 1 fully saturated rings. The molecule has 1 saturated heterocycles. The second-order valence-electron chi connectivity index (χ2n) is 8.00. The number of hydrogen-bond donors (Lipinski definition) is 2. The summed E-state index contributed by atoms with van der Waals surface area (Å²) in [6.45, 7) is 5.68. The number of carbonyl (C=O) groups is 2. The number of nitrogens with zero attached hydrogens (tertiary/aromatic N) is 3. The summed E-state index contributed by atoms with van der Waals surface area (Å²) >= 11 is 0. The number of likely N-dealkylation sites (tertiary alicyclic amines) is 1. The third-order valence-electron chi connectivity index (χ3n) is 5.67. The van der Waals surface area contributed by atoms with Crippen LogP contribution in [0.25, 0.3) is 22.0 Å². The van der Waals surface area contributed by atoms with E-state index in [4.69, 9.17) is 0 Å². The number of aromatic nitrogens is 2. The van der Waals surface area contributed by atoms with Crippen LogP contribution in [-0.2, 0) is 16.1 Å². The largest absolute Gasteiger partial charge is 0.352 e. The van der Waals surface area contributed by atoms with Crippen molar-refractivity contribution >= 4 is 28.4 Å². The number of hydrogen-bond acceptors (Lipinski definition) is 4. The zero-order valence-corrected chi connectivity index (χ0v) is 17.7. The van der Waals surface area contributed by atoms with Gasteiger partial charge in [-0.15, -0.1) is 0 Å². The van der Waals surface area contributed by atoms with Gasteiger partial charge in [0.25, 0.3) is 0 Å². The Morgan fingerprint density at radius 3 is 2.71 bits per heavy atom. The molecule has 2 amide bonds. The number of benzene rings is 2. The number of fused-ring (bicyclic) bond motifs is 1. The Hall–Kier alpha value is -3.45. The molecule has 2 heterocycles. The van der Waals surface area contributed by atoms with E-state index in [1.54, 1.807) is 10.9 Å². The molecule has 0 saturated carbocycles. The van der Waals surface area contributed by atoms with Crippen LogP contribution in [0, 0.1) is 0 Å². The van der Waals surface area contributed by atoms with Crippen LogP contribution < -0.4 is 10.6 Å². The van der Waals surface area contributed by atoms with Crippen molar-refractivity contribution < 1.29 is 9.59 Å². The van der Waals surface area contributed by atoms with Crippen LogP contribution in [0.3, 0.4) is 0 Å². The molecule has 1 aromatic heterocycles. The number of amides is 2. The minimum Gasteiger partial charge on any atom is -0.352 e. The lowest BCUT2D eigenvalue weighted by molar-refractivity contribution is -0.122. The number of anilines is 1. The highest BCUT2D eigenvalue weighted by atomic mass is 16.2. The summed E-state index contributed by atoms with van der Waals surface area (Å²) in [5.74, 6) is -0.264. The van der Waals surface area contributed by atoms with E-state index in [9.17, 15) is 9.59 Å². The summed E-state index contributed by atoms with van der Waals surface area (Å²) in [7, 11) is 2.11. The van der Waals surface area contributed by atoms with E-state index in [-0.39, 0.29) is 24.4 Å². The number of nitrogens with one attached hydrogen (secondary N) is 2. The summed E-state index contributed by atoms with van der Waals surface area (Å²) in [6.07, 6.45) is 4.98. The molecule has 3 aromatic rings. The highest BCUT2D eigenvalue weighted by Crippen LogP contribution is 2.26. The molecule has 0 spiro atoms. The molecule has 0 unspecified atom stereocenters. The van der Waals surface area contributed by atoms with E-state index < -0.39 is 0 Å². The molecular weight excluding hydrogens is 390 g/mol. The molecule has 1 aliphatic heterocycles. The van der Waals surface area contributed by atoms with Crippen LogP contribution in [-0.4, -0.2) is 52.7 Å². The Labute approximate surface area is 181 Å². The maximum atomic E-state index is 12.6. The van der Waals surface area contributed by atoms with Crippen LogP contribution in [0.5, 0.6) is 0 Å². The fourth-order valence-corrected chi connectivity index (χ4v) is 3.91. The van der Waals surface area contributed by atoms with Gasteiger partial charge in [0.15, 0.2) is 0 Å². The third-order valence-corrected chi connectivity index (χ3v) is 5.67. The van der Waals surface area contributed by atoms with Crippen molar-refractivity contribution in [2.45, 2.75) is 25.4 Å². The Bertz CT molecular complexity index is 1110. The second kappa shape index (κ2) is 9.14. The highest BCUT2D eigenvalue weighted by Gasteiger charge is 2.19. The monoisotopic (exact) mass is 417 g/mol. The zero-order chi connectivity index (χ0) is 21.8. The van der Waals surface area contributed by atoms with E-state index in [1.807, 2.05) is 42.5 Å². The Balaban J connectivity index is 1.51. The van der Waals surface area contributed by atoms with Crippen LogP contribution in [0.15, 0.2) is 61.3 Å². The van der Waals surface area contributed by atoms with Gasteiger partial charge in [-0.1, -0.05) is 30.8 Å². The minimum atomic E-state index is -0.249. The van der Waals surface area contributed by atoms with Crippen molar-refractivity contribution in [1.29, 1.82) is 0 Å². The zero-order valence-electron chi connectivity index (χ0n) is 17.7. The van der Waals surface area contributed by atoms with Crippen molar-refractivity contribution in [3.05, 3.63) is 61.3 Å². The molecule has 2 N–H and O–H groups in total. The van der Waals surface area contributed by atoms with Gasteiger partial charge in [0, 0.05) is 17.1 Å². The summed E-state index contributed by atoms with van der Waals surface area (Å²) < 4.78 is 1.74. The van der Waals surface area contributed by atoms with Gasteiger partial charge in [-0.25, -0.2) is 0 Å². The molecule has 0 aliphatic carbocycles. The molecule has 1 aliphatic rings.